The largest absolute Gasteiger partial charge is 0.466 e. The Balaban J connectivity index is 2.44. The van der Waals surface area contributed by atoms with Gasteiger partial charge in [-0.3, -0.25) is 0 Å². The number of hydrogen-bond acceptors (Lipinski definition) is 4. The second-order valence-electron chi connectivity index (χ2n) is 7.29. The van der Waals surface area contributed by atoms with Crippen molar-refractivity contribution in [3.05, 3.63) is 39.9 Å². The van der Waals surface area contributed by atoms with E-state index in [2.05, 4.69) is 0 Å². The monoisotopic (exact) mass is 419 g/mol. The maximum atomic E-state index is 13.2. The summed E-state index contributed by atoms with van der Waals surface area (Å²) in [6.07, 6.45) is -5.07. The Morgan fingerprint density at radius 2 is 1.82 bits per heavy atom. The smallest absolute Gasteiger partial charge is 0.417 e. The summed E-state index contributed by atoms with van der Waals surface area (Å²) in [5, 5.41) is -0.428. The number of carbonyl (C=O) groups is 2. The molecule has 0 N–H and O–H groups in total. The SMILES string of the molecule is COC(=O)C1=C(c2ccc(Cl)c(C(F)(F)F)c2)CCN(C(=O)OC(C)(C)C)C1. The minimum absolute atomic E-state index is 0.107. The molecule has 0 saturated carbocycles. The van der Waals surface area contributed by atoms with Crippen LogP contribution in [0.2, 0.25) is 5.02 Å². The van der Waals surface area contributed by atoms with Gasteiger partial charge < -0.3 is 14.4 Å². The Morgan fingerprint density at radius 3 is 2.36 bits per heavy atom. The molecule has 1 aliphatic rings. The van der Waals surface area contributed by atoms with Gasteiger partial charge in [-0.1, -0.05) is 17.7 Å². The van der Waals surface area contributed by atoms with Crippen LogP contribution in [0.15, 0.2) is 23.8 Å². The molecule has 0 fully saturated rings. The van der Waals surface area contributed by atoms with Gasteiger partial charge in [-0.05, 0) is 50.5 Å². The summed E-state index contributed by atoms with van der Waals surface area (Å²) in [5.74, 6) is -0.716. The normalized spacial score (nSPS) is 15.5. The van der Waals surface area contributed by atoms with Crippen LogP contribution in [0.1, 0.15) is 38.3 Å². The molecule has 1 amide bonds. The fraction of sp³-hybridized carbons (Fsp3) is 0.474. The van der Waals surface area contributed by atoms with Gasteiger partial charge in [-0.15, -0.1) is 0 Å². The predicted molar refractivity (Wildman–Crippen MR) is 97.8 cm³/mol. The molecule has 9 heteroatoms. The summed E-state index contributed by atoms with van der Waals surface area (Å²) < 4.78 is 49.6. The van der Waals surface area contributed by atoms with Gasteiger partial charge >= 0.3 is 18.2 Å². The van der Waals surface area contributed by atoms with Crippen LogP contribution in [0, 0.1) is 0 Å². The molecule has 1 aromatic carbocycles. The summed E-state index contributed by atoms with van der Waals surface area (Å²) >= 11 is 5.68. The predicted octanol–water partition coefficient (Wildman–Crippen LogP) is 4.93. The Morgan fingerprint density at radius 1 is 1.18 bits per heavy atom. The molecule has 5 nitrogen and oxygen atoms in total. The first-order chi connectivity index (χ1) is 12.8. The van der Waals surface area contributed by atoms with Crippen LogP contribution in [-0.2, 0) is 20.4 Å². The highest BCUT2D eigenvalue weighted by Crippen LogP contribution is 2.38. The van der Waals surface area contributed by atoms with Gasteiger partial charge in [0.25, 0.3) is 0 Å². The third-order valence-electron chi connectivity index (χ3n) is 4.05. The average molecular weight is 420 g/mol. The van der Waals surface area contributed by atoms with E-state index >= 15 is 0 Å². The maximum absolute atomic E-state index is 13.2. The number of hydrogen-bond donors (Lipinski definition) is 0. The molecule has 28 heavy (non-hydrogen) atoms. The fourth-order valence-electron chi connectivity index (χ4n) is 2.81. The minimum Gasteiger partial charge on any atom is -0.466 e. The third-order valence-corrected chi connectivity index (χ3v) is 4.38. The highest BCUT2D eigenvalue weighted by molar-refractivity contribution is 6.31. The number of ether oxygens (including phenoxy) is 2. The molecule has 154 valence electrons. The lowest BCUT2D eigenvalue weighted by Gasteiger charge is -2.32. The van der Waals surface area contributed by atoms with E-state index in [4.69, 9.17) is 21.1 Å². The standard InChI is InChI=1S/C19H21ClF3NO4/c1-18(2,3)28-17(26)24-8-7-12(13(10-24)16(25)27-4)11-5-6-15(20)14(9-11)19(21,22)23/h5-6,9H,7-8,10H2,1-4H3. The highest BCUT2D eigenvalue weighted by atomic mass is 35.5. The van der Waals surface area contributed by atoms with Crippen LogP contribution < -0.4 is 0 Å². The van der Waals surface area contributed by atoms with E-state index in [-0.39, 0.29) is 30.6 Å². The molecule has 0 saturated heterocycles. The topological polar surface area (TPSA) is 55.8 Å². The van der Waals surface area contributed by atoms with Gasteiger partial charge in [0.05, 0.1) is 29.8 Å². The number of amides is 1. The van der Waals surface area contributed by atoms with Crippen LogP contribution >= 0.6 is 11.6 Å². The van der Waals surface area contributed by atoms with Crippen LogP contribution in [0.5, 0.6) is 0 Å². The van der Waals surface area contributed by atoms with Gasteiger partial charge in [-0.2, -0.15) is 13.2 Å². The molecule has 0 atom stereocenters. The van der Waals surface area contributed by atoms with Crippen LogP contribution in [-0.4, -0.2) is 42.8 Å². The quantitative estimate of drug-likeness (QED) is 0.638. The third kappa shape index (κ3) is 5.19. The van der Waals surface area contributed by atoms with Crippen LogP contribution in [0.25, 0.3) is 5.57 Å². The van der Waals surface area contributed by atoms with E-state index in [9.17, 15) is 22.8 Å². The van der Waals surface area contributed by atoms with Gasteiger partial charge in [0.15, 0.2) is 0 Å². The first-order valence-corrected chi connectivity index (χ1v) is 8.86. The Kier molecular flexibility index (Phi) is 6.33. The molecule has 0 aromatic heterocycles. The number of benzene rings is 1. The molecule has 0 aliphatic carbocycles. The second-order valence-corrected chi connectivity index (χ2v) is 7.70. The van der Waals surface area contributed by atoms with Crippen molar-refractivity contribution in [3.63, 3.8) is 0 Å². The average Bonchev–Trinajstić information content (AvgIpc) is 2.58. The van der Waals surface area contributed by atoms with Crippen molar-refractivity contribution in [2.45, 2.75) is 39.0 Å². The molecule has 1 aliphatic heterocycles. The summed E-state index contributed by atoms with van der Waals surface area (Å²) in [4.78, 5) is 25.9. The summed E-state index contributed by atoms with van der Waals surface area (Å²) in [6, 6.07) is 3.46. The van der Waals surface area contributed by atoms with Gasteiger partial charge in [-0.25, -0.2) is 9.59 Å². The molecular weight excluding hydrogens is 399 g/mol. The number of nitrogens with zero attached hydrogens (tertiary/aromatic N) is 1. The van der Waals surface area contributed by atoms with Crippen molar-refractivity contribution in [3.8, 4) is 0 Å². The number of alkyl halides is 3. The van der Waals surface area contributed by atoms with Crippen molar-refractivity contribution >= 4 is 29.2 Å². The number of esters is 1. The van der Waals surface area contributed by atoms with Crippen molar-refractivity contribution in [2.75, 3.05) is 20.2 Å². The van der Waals surface area contributed by atoms with Crippen molar-refractivity contribution in [1.82, 2.24) is 4.90 Å². The summed E-state index contributed by atoms with van der Waals surface area (Å²) in [7, 11) is 1.17. The van der Waals surface area contributed by atoms with E-state index in [0.717, 1.165) is 12.1 Å². The first kappa shape index (κ1) is 22.1. The van der Waals surface area contributed by atoms with E-state index in [1.54, 1.807) is 20.8 Å². The fourth-order valence-corrected chi connectivity index (χ4v) is 3.03. The van der Waals surface area contributed by atoms with Crippen molar-refractivity contribution in [2.24, 2.45) is 0 Å². The van der Waals surface area contributed by atoms with Gasteiger partial charge in [0, 0.05) is 6.54 Å². The number of carbonyl (C=O) groups excluding carboxylic acids is 2. The lowest BCUT2D eigenvalue weighted by atomic mass is 9.92. The van der Waals surface area contributed by atoms with Crippen molar-refractivity contribution < 1.29 is 32.2 Å². The van der Waals surface area contributed by atoms with Crippen LogP contribution in [0.3, 0.4) is 0 Å². The first-order valence-electron chi connectivity index (χ1n) is 8.49. The number of rotatable bonds is 2. The molecule has 0 unspecified atom stereocenters. The molecule has 1 aromatic rings. The lowest BCUT2D eigenvalue weighted by Crippen LogP contribution is -2.42. The molecule has 0 bridgehead atoms. The zero-order valence-corrected chi connectivity index (χ0v) is 16.7. The Hall–Kier alpha value is -2.22. The summed E-state index contributed by atoms with van der Waals surface area (Å²) in [5.41, 5.74) is -1.01. The molecule has 0 spiro atoms. The molecule has 1 heterocycles. The Labute approximate surface area is 166 Å². The second kappa shape index (κ2) is 8.03. The highest BCUT2D eigenvalue weighted by Gasteiger charge is 2.35. The lowest BCUT2D eigenvalue weighted by molar-refractivity contribution is -0.137. The van der Waals surface area contributed by atoms with E-state index in [1.807, 2.05) is 0 Å². The van der Waals surface area contributed by atoms with Gasteiger partial charge in [0.2, 0.25) is 0 Å². The number of methoxy groups -OCH3 is 1. The summed E-state index contributed by atoms with van der Waals surface area (Å²) in [6.45, 7) is 5.20. The van der Waals surface area contributed by atoms with E-state index in [1.165, 1.54) is 18.1 Å². The molecule has 0 radical (unpaired) electrons. The van der Waals surface area contributed by atoms with Gasteiger partial charge in [0.1, 0.15) is 5.60 Å². The number of halogens is 4. The molecular formula is C19H21ClF3NO4. The zero-order valence-electron chi connectivity index (χ0n) is 15.9. The van der Waals surface area contributed by atoms with E-state index < -0.39 is 34.4 Å². The van der Waals surface area contributed by atoms with Crippen molar-refractivity contribution in [1.29, 1.82) is 0 Å². The van der Waals surface area contributed by atoms with Crippen LogP contribution in [0.4, 0.5) is 18.0 Å². The maximum Gasteiger partial charge on any atom is 0.417 e. The van der Waals surface area contributed by atoms with E-state index in [0.29, 0.717) is 5.57 Å². The zero-order chi connectivity index (χ0) is 21.3. The Bertz CT molecular complexity index is 812. The minimum atomic E-state index is -4.63. The molecule has 2 rings (SSSR count).